The summed E-state index contributed by atoms with van der Waals surface area (Å²) in [6.45, 7) is 5.44. The summed E-state index contributed by atoms with van der Waals surface area (Å²) in [4.78, 5) is 2.51. The SMILES string of the molecule is CCN1CCC2(CC1)Oc1ccccc1[C@H]1CC(c3ccc(-c4ccccc4)cc3)=NN12. The van der Waals surface area contributed by atoms with E-state index in [1.165, 1.54) is 22.3 Å². The van der Waals surface area contributed by atoms with Crippen LogP contribution in [0, 0.1) is 0 Å². The van der Waals surface area contributed by atoms with Crippen molar-refractivity contribution in [3.8, 4) is 16.9 Å². The minimum atomic E-state index is -0.337. The lowest BCUT2D eigenvalue weighted by Crippen LogP contribution is -2.59. The van der Waals surface area contributed by atoms with Crippen LogP contribution in [0.1, 0.15) is 43.4 Å². The zero-order valence-electron chi connectivity index (χ0n) is 18.6. The van der Waals surface area contributed by atoms with Gasteiger partial charge >= 0.3 is 0 Å². The molecule has 1 saturated heterocycles. The zero-order chi connectivity index (χ0) is 21.5. The van der Waals surface area contributed by atoms with Gasteiger partial charge in [-0.05, 0) is 29.3 Å². The molecule has 4 heteroatoms. The van der Waals surface area contributed by atoms with Gasteiger partial charge in [-0.3, -0.25) is 0 Å². The first-order valence-corrected chi connectivity index (χ1v) is 11.8. The molecule has 1 spiro atoms. The van der Waals surface area contributed by atoms with Crippen LogP contribution in [0.2, 0.25) is 0 Å². The maximum absolute atomic E-state index is 6.72. The lowest BCUT2D eigenvalue weighted by molar-refractivity contribution is -0.149. The van der Waals surface area contributed by atoms with E-state index in [9.17, 15) is 0 Å². The monoisotopic (exact) mass is 423 g/mol. The number of ether oxygens (including phenoxy) is 1. The molecule has 6 rings (SSSR count). The Labute approximate surface area is 190 Å². The van der Waals surface area contributed by atoms with Gasteiger partial charge in [-0.25, -0.2) is 5.01 Å². The smallest absolute Gasteiger partial charge is 0.200 e. The normalized spacial score (nSPS) is 21.6. The Kier molecular flexibility index (Phi) is 4.76. The summed E-state index contributed by atoms with van der Waals surface area (Å²) in [6, 6.07) is 28.2. The molecule has 0 bridgehead atoms. The maximum Gasteiger partial charge on any atom is 0.200 e. The summed E-state index contributed by atoms with van der Waals surface area (Å²) < 4.78 is 6.72. The molecule has 0 amide bonds. The molecule has 1 atom stereocenters. The Bertz CT molecular complexity index is 1130. The molecule has 4 nitrogen and oxygen atoms in total. The van der Waals surface area contributed by atoms with Crippen molar-refractivity contribution in [3.63, 3.8) is 0 Å². The van der Waals surface area contributed by atoms with Gasteiger partial charge < -0.3 is 9.64 Å². The van der Waals surface area contributed by atoms with Crippen molar-refractivity contribution in [2.75, 3.05) is 19.6 Å². The predicted octanol–water partition coefficient (Wildman–Crippen LogP) is 5.71. The first-order valence-electron chi connectivity index (χ1n) is 11.8. The third kappa shape index (κ3) is 3.21. The van der Waals surface area contributed by atoms with E-state index in [0.29, 0.717) is 0 Å². The van der Waals surface area contributed by atoms with Gasteiger partial charge in [0.1, 0.15) is 5.75 Å². The zero-order valence-corrected chi connectivity index (χ0v) is 18.6. The second-order valence-electron chi connectivity index (χ2n) is 9.07. The van der Waals surface area contributed by atoms with Gasteiger partial charge in [-0.1, -0.05) is 79.7 Å². The number of nitrogens with zero attached hydrogens (tertiary/aromatic N) is 3. The number of rotatable bonds is 3. The number of piperidine rings is 1. The third-order valence-electron chi connectivity index (χ3n) is 7.32. The van der Waals surface area contributed by atoms with Crippen molar-refractivity contribution >= 4 is 5.71 Å². The van der Waals surface area contributed by atoms with Crippen LogP contribution in [-0.2, 0) is 0 Å². The van der Waals surface area contributed by atoms with E-state index in [4.69, 9.17) is 9.84 Å². The van der Waals surface area contributed by atoms with E-state index in [1.807, 2.05) is 0 Å². The molecule has 0 radical (unpaired) electrons. The van der Waals surface area contributed by atoms with Gasteiger partial charge in [0.15, 0.2) is 0 Å². The van der Waals surface area contributed by atoms with Crippen molar-refractivity contribution < 1.29 is 4.74 Å². The average Bonchev–Trinajstić information content (AvgIpc) is 3.32. The number of benzene rings is 3. The molecular formula is C28H29N3O. The summed E-state index contributed by atoms with van der Waals surface area (Å²) in [5.41, 5.74) is 5.77. The van der Waals surface area contributed by atoms with Gasteiger partial charge in [-0.2, -0.15) is 5.10 Å². The number of para-hydroxylation sites is 1. The number of likely N-dealkylation sites (tertiary alicyclic amines) is 1. The molecule has 0 saturated carbocycles. The van der Waals surface area contributed by atoms with Crippen LogP contribution in [0.4, 0.5) is 0 Å². The molecule has 1 fully saturated rings. The Morgan fingerprint density at radius 2 is 1.50 bits per heavy atom. The van der Waals surface area contributed by atoms with Crippen LogP contribution in [0.5, 0.6) is 5.75 Å². The van der Waals surface area contributed by atoms with Crippen LogP contribution < -0.4 is 4.74 Å². The molecule has 3 heterocycles. The highest BCUT2D eigenvalue weighted by Crippen LogP contribution is 2.49. The Morgan fingerprint density at radius 1 is 0.844 bits per heavy atom. The fourth-order valence-corrected chi connectivity index (χ4v) is 5.44. The molecule has 3 aliphatic heterocycles. The minimum absolute atomic E-state index is 0.247. The van der Waals surface area contributed by atoms with E-state index in [0.717, 1.165) is 50.4 Å². The van der Waals surface area contributed by atoms with Crippen molar-refractivity contribution in [1.82, 2.24) is 9.91 Å². The maximum atomic E-state index is 6.72. The lowest BCUT2D eigenvalue weighted by atomic mass is 9.90. The van der Waals surface area contributed by atoms with E-state index >= 15 is 0 Å². The van der Waals surface area contributed by atoms with E-state index in [-0.39, 0.29) is 11.8 Å². The fraction of sp³-hybridized carbons (Fsp3) is 0.321. The van der Waals surface area contributed by atoms with Gasteiger partial charge in [0.05, 0.1) is 11.8 Å². The molecule has 0 unspecified atom stereocenters. The Balaban J connectivity index is 1.34. The summed E-state index contributed by atoms with van der Waals surface area (Å²) >= 11 is 0. The standard InChI is InChI=1S/C28H29N3O/c1-2-30-18-16-28(17-19-30)31-26(24-10-6-7-11-27(24)32-28)20-25(29-31)23-14-12-22(13-15-23)21-8-4-3-5-9-21/h3-15,26H,2,16-20H2,1H3/t26-/m1/s1. The third-order valence-corrected chi connectivity index (χ3v) is 7.32. The van der Waals surface area contributed by atoms with Crippen molar-refractivity contribution in [2.24, 2.45) is 5.10 Å². The van der Waals surface area contributed by atoms with Gasteiger partial charge in [0.2, 0.25) is 5.72 Å². The highest BCUT2D eigenvalue weighted by molar-refractivity contribution is 6.02. The highest BCUT2D eigenvalue weighted by Gasteiger charge is 2.51. The molecule has 0 aliphatic carbocycles. The summed E-state index contributed by atoms with van der Waals surface area (Å²) in [5.74, 6) is 1.04. The van der Waals surface area contributed by atoms with Crippen molar-refractivity contribution in [1.29, 1.82) is 0 Å². The molecule has 32 heavy (non-hydrogen) atoms. The molecule has 3 aromatic carbocycles. The van der Waals surface area contributed by atoms with E-state index < -0.39 is 0 Å². The highest BCUT2D eigenvalue weighted by atomic mass is 16.5. The molecule has 3 aromatic rings. The fourth-order valence-electron chi connectivity index (χ4n) is 5.44. The number of hydrogen-bond acceptors (Lipinski definition) is 4. The number of fused-ring (bicyclic) bond motifs is 4. The number of hydrogen-bond donors (Lipinski definition) is 0. The topological polar surface area (TPSA) is 28.1 Å². The minimum Gasteiger partial charge on any atom is -0.466 e. The van der Waals surface area contributed by atoms with Gasteiger partial charge in [-0.15, -0.1) is 0 Å². The molecule has 3 aliphatic rings. The second-order valence-corrected chi connectivity index (χ2v) is 9.07. The van der Waals surface area contributed by atoms with Crippen molar-refractivity contribution in [2.45, 2.75) is 38.0 Å². The van der Waals surface area contributed by atoms with Crippen molar-refractivity contribution in [3.05, 3.63) is 90.0 Å². The van der Waals surface area contributed by atoms with Gasteiger partial charge in [0.25, 0.3) is 0 Å². The van der Waals surface area contributed by atoms with Crippen LogP contribution in [0.15, 0.2) is 84.0 Å². The Morgan fingerprint density at radius 3 is 2.25 bits per heavy atom. The molecule has 162 valence electrons. The van der Waals surface area contributed by atoms with Crippen LogP contribution in [0.25, 0.3) is 11.1 Å². The van der Waals surface area contributed by atoms with Crippen LogP contribution >= 0.6 is 0 Å². The van der Waals surface area contributed by atoms with E-state index in [1.54, 1.807) is 0 Å². The largest absolute Gasteiger partial charge is 0.466 e. The average molecular weight is 424 g/mol. The molecule has 0 aromatic heterocycles. The number of hydrazone groups is 1. The predicted molar refractivity (Wildman–Crippen MR) is 129 cm³/mol. The first kappa shape index (κ1) is 19.6. The Hall–Kier alpha value is -3.11. The molecule has 0 N–H and O–H groups in total. The summed E-state index contributed by atoms with van der Waals surface area (Å²) in [7, 11) is 0. The van der Waals surface area contributed by atoms with Crippen LogP contribution in [-0.4, -0.2) is 41.0 Å². The quantitative estimate of drug-likeness (QED) is 0.540. The van der Waals surface area contributed by atoms with Crippen LogP contribution in [0.3, 0.4) is 0 Å². The first-order chi connectivity index (χ1) is 15.8. The molecular weight excluding hydrogens is 394 g/mol. The summed E-state index contributed by atoms with van der Waals surface area (Å²) in [6.07, 6.45) is 2.88. The second kappa shape index (κ2) is 7.79. The van der Waals surface area contributed by atoms with Gasteiger partial charge in [0, 0.05) is 37.9 Å². The summed E-state index contributed by atoms with van der Waals surface area (Å²) in [5, 5.41) is 7.52. The van der Waals surface area contributed by atoms with E-state index in [2.05, 4.69) is 95.7 Å². The lowest BCUT2D eigenvalue weighted by Gasteiger charge is -2.51.